The number of anilines is 2. The van der Waals surface area contributed by atoms with Gasteiger partial charge in [0.1, 0.15) is 11.3 Å². The van der Waals surface area contributed by atoms with Gasteiger partial charge in [0.15, 0.2) is 11.5 Å². The van der Waals surface area contributed by atoms with Crippen LogP contribution < -0.4 is 5.32 Å². The number of benzene rings is 1. The van der Waals surface area contributed by atoms with E-state index in [-0.39, 0.29) is 10.3 Å². The minimum absolute atomic E-state index is 0.0430. The van der Waals surface area contributed by atoms with Crippen molar-refractivity contribution in [2.45, 2.75) is 0 Å². The van der Waals surface area contributed by atoms with E-state index in [1.165, 1.54) is 18.5 Å². The van der Waals surface area contributed by atoms with E-state index in [9.17, 15) is 4.39 Å². The van der Waals surface area contributed by atoms with Crippen molar-refractivity contribution in [2.75, 3.05) is 5.32 Å². The molecule has 0 spiro atoms. The lowest BCUT2D eigenvalue weighted by Gasteiger charge is -2.10. The maximum Gasteiger partial charge on any atom is 0.226 e. The molecule has 20 heavy (non-hydrogen) atoms. The Morgan fingerprint density at radius 2 is 2.05 bits per heavy atom. The number of imidazole rings is 1. The molecule has 9 heteroatoms. The number of H-pyrrole nitrogens is 1. The van der Waals surface area contributed by atoms with Crippen molar-refractivity contribution in [3.63, 3.8) is 0 Å². The number of rotatable bonds is 2. The molecule has 0 saturated carbocycles. The van der Waals surface area contributed by atoms with Gasteiger partial charge in [0, 0.05) is 4.47 Å². The molecule has 0 aliphatic heterocycles. The minimum Gasteiger partial charge on any atom is -0.340 e. The smallest absolute Gasteiger partial charge is 0.226 e. The summed E-state index contributed by atoms with van der Waals surface area (Å²) in [7, 11) is 0. The van der Waals surface area contributed by atoms with Crippen molar-refractivity contribution in [3.8, 4) is 0 Å². The lowest BCUT2D eigenvalue weighted by Crippen LogP contribution is -1.99. The van der Waals surface area contributed by atoms with E-state index in [1.54, 1.807) is 0 Å². The molecule has 102 valence electrons. The molecule has 0 amide bonds. The van der Waals surface area contributed by atoms with Gasteiger partial charge in [0.25, 0.3) is 0 Å². The SMILES string of the molecule is Fc1cc(Cl)c(Nc2nc(Cl)nc3nc[nH]c23)c(Br)c1. The summed E-state index contributed by atoms with van der Waals surface area (Å²) < 4.78 is 13.7. The van der Waals surface area contributed by atoms with Gasteiger partial charge in [0.2, 0.25) is 5.28 Å². The van der Waals surface area contributed by atoms with Crippen LogP contribution in [0.3, 0.4) is 0 Å². The molecule has 1 aromatic carbocycles. The van der Waals surface area contributed by atoms with E-state index in [2.05, 4.69) is 41.2 Å². The van der Waals surface area contributed by atoms with E-state index < -0.39 is 5.82 Å². The lowest BCUT2D eigenvalue weighted by molar-refractivity contribution is 0.627. The zero-order valence-electron chi connectivity index (χ0n) is 9.59. The van der Waals surface area contributed by atoms with Crippen LogP contribution in [0.2, 0.25) is 10.3 Å². The summed E-state index contributed by atoms with van der Waals surface area (Å²) in [6, 6.07) is 2.49. The molecule has 0 saturated heterocycles. The second-order valence-corrected chi connectivity index (χ2v) is 5.41. The van der Waals surface area contributed by atoms with E-state index in [1.807, 2.05) is 0 Å². The van der Waals surface area contributed by atoms with Crippen LogP contribution in [0.25, 0.3) is 11.2 Å². The summed E-state index contributed by atoms with van der Waals surface area (Å²) in [5.74, 6) is -0.0495. The molecule has 0 atom stereocenters. The van der Waals surface area contributed by atoms with Crippen molar-refractivity contribution < 1.29 is 4.39 Å². The molecule has 5 nitrogen and oxygen atoms in total. The van der Waals surface area contributed by atoms with Gasteiger partial charge in [0.05, 0.1) is 17.0 Å². The maximum absolute atomic E-state index is 13.2. The minimum atomic E-state index is -0.445. The maximum atomic E-state index is 13.2. The van der Waals surface area contributed by atoms with Gasteiger partial charge in [-0.2, -0.15) is 9.97 Å². The van der Waals surface area contributed by atoms with E-state index in [0.29, 0.717) is 27.1 Å². The Hall–Kier alpha value is -1.44. The van der Waals surface area contributed by atoms with Crippen LogP contribution >= 0.6 is 39.1 Å². The van der Waals surface area contributed by atoms with Crippen molar-refractivity contribution in [1.29, 1.82) is 0 Å². The van der Waals surface area contributed by atoms with Crippen molar-refractivity contribution in [2.24, 2.45) is 0 Å². The number of nitrogens with zero attached hydrogens (tertiary/aromatic N) is 3. The van der Waals surface area contributed by atoms with Crippen molar-refractivity contribution in [3.05, 3.63) is 39.1 Å². The van der Waals surface area contributed by atoms with Gasteiger partial charge >= 0.3 is 0 Å². The summed E-state index contributed by atoms with van der Waals surface area (Å²) in [5.41, 5.74) is 1.46. The number of nitrogens with one attached hydrogen (secondary N) is 2. The fraction of sp³-hybridized carbons (Fsp3) is 0. The van der Waals surface area contributed by atoms with Gasteiger partial charge in [-0.05, 0) is 39.7 Å². The molecule has 0 fully saturated rings. The first-order valence-electron chi connectivity index (χ1n) is 5.33. The summed E-state index contributed by atoms with van der Waals surface area (Å²) in [6.07, 6.45) is 1.47. The van der Waals surface area contributed by atoms with Crippen molar-refractivity contribution >= 4 is 61.8 Å². The number of aromatic amines is 1. The number of aromatic nitrogens is 4. The normalized spacial score (nSPS) is 11.0. The Balaban J connectivity index is 2.12. The fourth-order valence-corrected chi connectivity index (χ4v) is 2.74. The Morgan fingerprint density at radius 3 is 2.80 bits per heavy atom. The molecule has 0 aliphatic carbocycles. The van der Waals surface area contributed by atoms with Gasteiger partial charge in [-0.25, -0.2) is 9.37 Å². The average Bonchev–Trinajstić information content (AvgIpc) is 2.81. The average molecular weight is 377 g/mol. The number of fused-ring (bicyclic) bond motifs is 1. The molecule has 3 aromatic rings. The highest BCUT2D eigenvalue weighted by atomic mass is 79.9. The quantitative estimate of drug-likeness (QED) is 0.654. The summed E-state index contributed by atoms with van der Waals surface area (Å²) in [5, 5.41) is 3.24. The molecular formula is C11H5BrCl2FN5. The number of hydrogen-bond acceptors (Lipinski definition) is 4. The van der Waals surface area contributed by atoms with Crippen LogP contribution in [0.5, 0.6) is 0 Å². The molecule has 0 bridgehead atoms. The fourth-order valence-electron chi connectivity index (χ4n) is 1.68. The lowest BCUT2D eigenvalue weighted by atomic mass is 10.3. The summed E-state index contributed by atoms with van der Waals surface area (Å²) in [4.78, 5) is 14.9. The van der Waals surface area contributed by atoms with E-state index in [0.717, 1.165) is 0 Å². The van der Waals surface area contributed by atoms with Crippen LogP contribution in [-0.4, -0.2) is 19.9 Å². The zero-order valence-corrected chi connectivity index (χ0v) is 12.7. The Bertz CT molecular complexity index is 784. The second kappa shape index (κ2) is 5.16. The van der Waals surface area contributed by atoms with Crippen LogP contribution in [0.15, 0.2) is 22.9 Å². The first-order chi connectivity index (χ1) is 9.54. The van der Waals surface area contributed by atoms with Crippen LogP contribution in [0.4, 0.5) is 15.9 Å². The summed E-state index contributed by atoms with van der Waals surface area (Å²) in [6.45, 7) is 0. The number of halogens is 4. The van der Waals surface area contributed by atoms with Crippen LogP contribution in [0, 0.1) is 5.82 Å². The third kappa shape index (κ3) is 2.44. The third-order valence-corrected chi connectivity index (χ3v) is 3.60. The molecule has 0 unspecified atom stereocenters. The predicted molar refractivity (Wildman–Crippen MR) is 79.1 cm³/mol. The van der Waals surface area contributed by atoms with Gasteiger partial charge in [-0.1, -0.05) is 11.6 Å². The van der Waals surface area contributed by atoms with Crippen molar-refractivity contribution in [1.82, 2.24) is 19.9 Å². The molecule has 2 heterocycles. The molecule has 2 N–H and O–H groups in total. The standard InChI is InChI=1S/C11H5BrCl2FN5/c12-5-1-4(15)2-6(13)7(5)18-10-8-9(17-3-16-8)19-11(14)20-10/h1-3H,(H2,16,17,18,19,20). The highest BCUT2D eigenvalue weighted by molar-refractivity contribution is 9.10. The molecule has 3 rings (SSSR count). The highest BCUT2D eigenvalue weighted by Gasteiger charge is 2.13. The highest BCUT2D eigenvalue weighted by Crippen LogP contribution is 2.35. The van der Waals surface area contributed by atoms with Crippen LogP contribution in [0.1, 0.15) is 0 Å². The third-order valence-electron chi connectivity index (χ3n) is 2.51. The van der Waals surface area contributed by atoms with Gasteiger partial charge in [-0.15, -0.1) is 0 Å². The first-order valence-corrected chi connectivity index (χ1v) is 6.87. The number of hydrogen-bond donors (Lipinski definition) is 2. The van der Waals surface area contributed by atoms with Crippen LogP contribution in [-0.2, 0) is 0 Å². The Morgan fingerprint density at radius 1 is 1.25 bits per heavy atom. The second-order valence-electron chi connectivity index (χ2n) is 3.81. The van der Waals surface area contributed by atoms with E-state index in [4.69, 9.17) is 23.2 Å². The van der Waals surface area contributed by atoms with Gasteiger partial charge in [-0.3, -0.25) is 0 Å². The topological polar surface area (TPSA) is 66.5 Å². The van der Waals surface area contributed by atoms with E-state index >= 15 is 0 Å². The zero-order chi connectivity index (χ0) is 14.3. The largest absolute Gasteiger partial charge is 0.340 e. The molecular weight excluding hydrogens is 372 g/mol. The monoisotopic (exact) mass is 375 g/mol. The van der Waals surface area contributed by atoms with Gasteiger partial charge < -0.3 is 10.3 Å². The molecule has 0 aliphatic rings. The Labute approximate surface area is 130 Å². The molecule has 2 aromatic heterocycles. The summed E-state index contributed by atoms with van der Waals surface area (Å²) >= 11 is 15.1. The molecule has 0 radical (unpaired) electrons. The first kappa shape index (κ1) is 13.5. The predicted octanol–water partition coefficient (Wildman–Crippen LogP) is 4.30. The Kier molecular flexibility index (Phi) is 3.49.